The Kier molecular flexibility index (Phi) is 9.20. The second-order valence-corrected chi connectivity index (χ2v) is 14.5. The van der Waals surface area contributed by atoms with Gasteiger partial charge in [0.2, 0.25) is 0 Å². The lowest BCUT2D eigenvalue weighted by Crippen LogP contribution is -2.04. The van der Waals surface area contributed by atoms with E-state index in [1.807, 2.05) is 146 Å². The summed E-state index contributed by atoms with van der Waals surface area (Å²) < 4.78 is 2.30. The van der Waals surface area contributed by atoms with Crippen LogP contribution in [0.3, 0.4) is 0 Å². The van der Waals surface area contributed by atoms with Gasteiger partial charge in [-0.1, -0.05) is 140 Å². The maximum absolute atomic E-state index is 10.0. The molecule has 10 aromatic rings. The number of hydrogen-bond donors (Lipinski definition) is 0. The van der Waals surface area contributed by atoms with Crippen LogP contribution < -0.4 is 0 Å². The fourth-order valence-electron chi connectivity index (χ4n) is 8.04. The van der Waals surface area contributed by atoms with Gasteiger partial charge in [0.1, 0.15) is 0 Å². The molecule has 7 heteroatoms. The maximum atomic E-state index is 10.0. The van der Waals surface area contributed by atoms with E-state index in [2.05, 4.69) is 64.0 Å². The normalized spacial score (nSPS) is 10.9. The Balaban J connectivity index is 1.32. The minimum absolute atomic E-state index is 0.496. The van der Waals surface area contributed by atoms with E-state index in [0.717, 1.165) is 77.6 Å². The second-order valence-electron chi connectivity index (χ2n) is 14.5. The van der Waals surface area contributed by atoms with Crippen LogP contribution in [-0.4, -0.2) is 19.5 Å². The van der Waals surface area contributed by atoms with Crippen LogP contribution in [0.4, 0.5) is 5.69 Å². The third-order valence-electron chi connectivity index (χ3n) is 11.0. The summed E-state index contributed by atoms with van der Waals surface area (Å²) in [6.07, 6.45) is 0. The van der Waals surface area contributed by atoms with Gasteiger partial charge in [0.05, 0.1) is 46.6 Å². The molecule has 282 valence electrons. The molecule has 61 heavy (non-hydrogen) atoms. The van der Waals surface area contributed by atoms with Crippen molar-refractivity contribution < 1.29 is 0 Å². The minimum atomic E-state index is 0.496. The highest BCUT2D eigenvalue weighted by molar-refractivity contribution is 6.12. The Morgan fingerprint density at radius 1 is 0.426 bits per heavy atom. The van der Waals surface area contributed by atoms with Gasteiger partial charge >= 0.3 is 0 Å². The van der Waals surface area contributed by atoms with Gasteiger partial charge in [-0.05, 0) is 70.8 Å². The van der Waals surface area contributed by atoms with Gasteiger partial charge < -0.3 is 4.57 Å². The van der Waals surface area contributed by atoms with Gasteiger partial charge in [-0.15, -0.1) is 0 Å². The molecule has 7 nitrogen and oxygen atoms in total. The zero-order valence-electron chi connectivity index (χ0n) is 32.5. The Hall–Kier alpha value is -8.96. The summed E-state index contributed by atoms with van der Waals surface area (Å²) in [5.74, 6) is 1.59. The average molecular weight is 778 g/mol. The number of aromatic nitrogens is 4. The lowest BCUT2D eigenvalue weighted by Gasteiger charge is -2.21. The second kappa shape index (κ2) is 15.4. The highest BCUT2D eigenvalue weighted by Gasteiger charge is 2.24. The molecule has 0 unspecified atom stereocenters. The van der Waals surface area contributed by atoms with E-state index in [1.54, 1.807) is 0 Å². The molecule has 2 heterocycles. The number of para-hydroxylation sites is 1. The molecular weight excluding hydrogens is 747 g/mol. The van der Waals surface area contributed by atoms with E-state index in [-0.39, 0.29) is 0 Å². The van der Waals surface area contributed by atoms with Crippen molar-refractivity contribution in [3.05, 3.63) is 211 Å². The highest BCUT2D eigenvalue weighted by Crippen LogP contribution is 2.45. The van der Waals surface area contributed by atoms with Crippen LogP contribution in [-0.2, 0) is 0 Å². The van der Waals surface area contributed by atoms with Crippen LogP contribution in [0.5, 0.6) is 0 Å². The van der Waals surface area contributed by atoms with Crippen LogP contribution in [0.15, 0.2) is 188 Å². The zero-order chi connectivity index (χ0) is 41.3. The molecule has 10 rings (SSSR count). The lowest BCUT2D eigenvalue weighted by atomic mass is 9.92. The summed E-state index contributed by atoms with van der Waals surface area (Å²) in [6.45, 7) is 7.73. The van der Waals surface area contributed by atoms with E-state index in [0.29, 0.717) is 34.3 Å². The number of benzene rings is 8. The van der Waals surface area contributed by atoms with Crippen LogP contribution in [0.25, 0.3) is 99.9 Å². The van der Waals surface area contributed by atoms with Gasteiger partial charge in [-0.3, -0.25) is 0 Å². The largest absolute Gasteiger partial charge is 0.308 e. The van der Waals surface area contributed by atoms with E-state index in [4.69, 9.17) is 21.5 Å². The maximum Gasteiger partial charge on any atom is 0.187 e. The van der Waals surface area contributed by atoms with Crippen LogP contribution in [0.1, 0.15) is 11.1 Å². The van der Waals surface area contributed by atoms with Crippen molar-refractivity contribution in [3.63, 3.8) is 0 Å². The van der Waals surface area contributed by atoms with Gasteiger partial charge in [0.25, 0.3) is 0 Å². The van der Waals surface area contributed by atoms with Crippen molar-refractivity contribution in [2.24, 2.45) is 0 Å². The molecule has 0 atom stereocenters. The molecule has 0 aliphatic carbocycles. The first kappa shape index (κ1) is 36.4. The topological polar surface area (TPSA) is 95.5 Å². The number of hydrogen-bond acceptors (Lipinski definition) is 5. The molecular formula is C54H31N7. The van der Waals surface area contributed by atoms with Gasteiger partial charge in [-0.25, -0.2) is 19.8 Å². The molecule has 2 aromatic heterocycles. The predicted molar refractivity (Wildman–Crippen MR) is 242 cm³/mol. The predicted octanol–water partition coefficient (Wildman–Crippen LogP) is 13.3. The molecule has 0 N–H and O–H groups in total. The van der Waals surface area contributed by atoms with Crippen molar-refractivity contribution in [3.8, 4) is 85.4 Å². The molecule has 0 saturated heterocycles. The van der Waals surface area contributed by atoms with Gasteiger partial charge in [0, 0.05) is 38.6 Å². The average Bonchev–Trinajstić information content (AvgIpc) is 3.67. The Morgan fingerprint density at radius 3 is 1.56 bits per heavy atom. The summed E-state index contributed by atoms with van der Waals surface area (Å²) in [5, 5.41) is 21.9. The molecule has 8 aromatic carbocycles. The molecule has 0 fully saturated rings. The number of fused-ring (bicyclic) bond motifs is 3. The number of rotatable bonds is 7. The summed E-state index contributed by atoms with van der Waals surface area (Å²) in [6, 6.07) is 66.4. The molecule has 0 aliphatic heterocycles. The summed E-state index contributed by atoms with van der Waals surface area (Å²) in [7, 11) is 0. The Morgan fingerprint density at radius 2 is 0.951 bits per heavy atom. The monoisotopic (exact) mass is 777 g/mol. The van der Waals surface area contributed by atoms with Gasteiger partial charge in [-0.2, -0.15) is 10.5 Å². The Labute approximate surface area is 352 Å². The van der Waals surface area contributed by atoms with Crippen molar-refractivity contribution in [2.45, 2.75) is 0 Å². The van der Waals surface area contributed by atoms with Crippen LogP contribution >= 0.6 is 0 Å². The van der Waals surface area contributed by atoms with E-state index in [1.165, 1.54) is 0 Å². The fourth-order valence-corrected chi connectivity index (χ4v) is 8.04. The fraction of sp³-hybridized carbons (Fsp3) is 0. The summed E-state index contributed by atoms with van der Waals surface area (Å²) >= 11 is 0. The van der Waals surface area contributed by atoms with Crippen LogP contribution in [0, 0.1) is 29.2 Å². The molecule has 0 spiro atoms. The number of nitriles is 2. The lowest BCUT2D eigenvalue weighted by molar-refractivity contribution is 1.07. The number of nitrogens with zero attached hydrogens (tertiary/aromatic N) is 7. The third-order valence-corrected chi connectivity index (χ3v) is 11.0. The Bertz CT molecular complexity index is 3290. The first-order chi connectivity index (χ1) is 30.1. The molecule has 0 saturated carbocycles. The third kappa shape index (κ3) is 6.63. The van der Waals surface area contributed by atoms with Crippen molar-refractivity contribution in [1.82, 2.24) is 19.5 Å². The van der Waals surface area contributed by atoms with Crippen molar-refractivity contribution in [1.29, 1.82) is 10.5 Å². The van der Waals surface area contributed by atoms with Crippen molar-refractivity contribution >= 4 is 27.5 Å². The first-order valence-electron chi connectivity index (χ1n) is 19.7. The van der Waals surface area contributed by atoms with Gasteiger partial charge in [0.15, 0.2) is 23.2 Å². The van der Waals surface area contributed by atoms with Crippen LogP contribution in [0.2, 0.25) is 0 Å². The quantitative estimate of drug-likeness (QED) is 0.150. The summed E-state index contributed by atoms with van der Waals surface area (Å²) in [4.78, 5) is 18.9. The van der Waals surface area contributed by atoms with Crippen molar-refractivity contribution in [2.75, 3.05) is 0 Å². The molecule has 0 radical (unpaired) electrons. The molecule has 0 bridgehead atoms. The minimum Gasteiger partial charge on any atom is -0.308 e. The zero-order valence-corrected chi connectivity index (χ0v) is 32.5. The SMILES string of the molecule is [C-]#[N+]c1ccc(-c2cc(-c3nc(-c4ccccc4)nc(-c4ccccc4)n3)cc(-c3ccc(C#N)cc3)c2-n2c3ccccc3c3cc(-c4ccccc4C#N)ccc32)cc1. The summed E-state index contributed by atoms with van der Waals surface area (Å²) in [5.41, 5.74) is 12.4. The van der Waals surface area contributed by atoms with E-state index in [9.17, 15) is 10.5 Å². The smallest absolute Gasteiger partial charge is 0.187 e. The first-order valence-corrected chi connectivity index (χ1v) is 19.7. The standard InChI is InChI=1S/C54H31N7/c1-57-43-27-24-37(25-28-43)47-32-42(54-59-52(38-12-4-2-5-13-38)58-53(60-54)39-14-6-3-7-15-39)31-46(36-22-20-35(33-55)21-23-36)51(47)61-49-19-11-10-18-45(49)48-30-40(26-29-50(48)61)44-17-9-8-16-41(44)34-56/h2-32H. The molecule has 0 amide bonds. The highest BCUT2D eigenvalue weighted by atomic mass is 15.0. The van der Waals surface area contributed by atoms with E-state index >= 15 is 0 Å². The van der Waals surface area contributed by atoms with E-state index < -0.39 is 0 Å². The molecule has 0 aliphatic rings.